The van der Waals surface area contributed by atoms with Crippen molar-refractivity contribution in [2.24, 2.45) is 5.92 Å². The van der Waals surface area contributed by atoms with Gasteiger partial charge in [-0.05, 0) is 43.9 Å². The third kappa shape index (κ3) is 3.06. The quantitative estimate of drug-likeness (QED) is 0.932. The van der Waals surface area contributed by atoms with Crippen LogP contribution in [0.5, 0.6) is 0 Å². The van der Waals surface area contributed by atoms with Crippen molar-refractivity contribution in [3.8, 4) is 0 Å². The molecule has 1 saturated heterocycles. The van der Waals surface area contributed by atoms with E-state index in [1.165, 1.54) is 6.07 Å². The molecule has 0 bridgehead atoms. The van der Waals surface area contributed by atoms with Crippen LogP contribution in [-0.2, 0) is 9.59 Å². The standard InChI is InChI=1S/C16H20FNO3/c1-3-18-14(19)6-4-5-12(16(20)21)15(18)11-7-8-13(17)10(2)9-11/h7-9,12,15H,3-6H2,1-2H3,(H,20,21). The van der Waals surface area contributed by atoms with Crippen LogP contribution in [0.25, 0.3) is 0 Å². The van der Waals surface area contributed by atoms with E-state index in [4.69, 9.17) is 0 Å². The Balaban J connectivity index is 2.50. The van der Waals surface area contributed by atoms with Crippen LogP contribution in [-0.4, -0.2) is 28.4 Å². The van der Waals surface area contributed by atoms with E-state index in [1.54, 1.807) is 24.0 Å². The van der Waals surface area contributed by atoms with Crippen LogP contribution in [0.2, 0.25) is 0 Å². The summed E-state index contributed by atoms with van der Waals surface area (Å²) in [7, 11) is 0. The fourth-order valence-corrected chi connectivity index (χ4v) is 3.04. The van der Waals surface area contributed by atoms with Crippen molar-refractivity contribution in [2.45, 2.75) is 39.2 Å². The molecule has 5 heteroatoms. The lowest BCUT2D eigenvalue weighted by Gasteiger charge is -2.33. The Morgan fingerprint density at radius 3 is 2.76 bits per heavy atom. The van der Waals surface area contributed by atoms with Crippen LogP contribution in [0.4, 0.5) is 4.39 Å². The van der Waals surface area contributed by atoms with Gasteiger partial charge in [0.25, 0.3) is 0 Å². The second-order valence-electron chi connectivity index (χ2n) is 5.47. The number of likely N-dealkylation sites (tertiary alicyclic amines) is 1. The summed E-state index contributed by atoms with van der Waals surface area (Å²) in [5.74, 6) is -1.92. The fraction of sp³-hybridized carbons (Fsp3) is 0.500. The van der Waals surface area contributed by atoms with E-state index in [1.807, 2.05) is 6.92 Å². The number of carbonyl (C=O) groups is 2. The number of rotatable bonds is 3. The first-order valence-electron chi connectivity index (χ1n) is 7.24. The lowest BCUT2D eigenvalue weighted by molar-refractivity contribution is -0.146. The molecule has 0 aliphatic carbocycles. The highest BCUT2D eigenvalue weighted by atomic mass is 19.1. The van der Waals surface area contributed by atoms with Gasteiger partial charge in [-0.1, -0.05) is 12.1 Å². The van der Waals surface area contributed by atoms with Gasteiger partial charge in [0.05, 0.1) is 12.0 Å². The molecule has 1 N–H and O–H groups in total. The molecule has 1 heterocycles. The first kappa shape index (κ1) is 15.5. The van der Waals surface area contributed by atoms with Crippen molar-refractivity contribution in [2.75, 3.05) is 6.54 Å². The smallest absolute Gasteiger partial charge is 0.308 e. The number of amides is 1. The normalized spacial score (nSPS) is 23.0. The largest absolute Gasteiger partial charge is 0.481 e. The fourth-order valence-electron chi connectivity index (χ4n) is 3.04. The summed E-state index contributed by atoms with van der Waals surface area (Å²) in [5, 5.41) is 9.51. The molecule has 21 heavy (non-hydrogen) atoms. The minimum atomic E-state index is -0.907. The van der Waals surface area contributed by atoms with Crippen molar-refractivity contribution >= 4 is 11.9 Å². The highest BCUT2D eigenvalue weighted by Gasteiger charge is 2.38. The van der Waals surface area contributed by atoms with Crippen molar-refractivity contribution in [1.29, 1.82) is 0 Å². The van der Waals surface area contributed by atoms with E-state index < -0.39 is 17.9 Å². The van der Waals surface area contributed by atoms with Crippen LogP contribution in [0.1, 0.15) is 43.4 Å². The van der Waals surface area contributed by atoms with Crippen molar-refractivity contribution in [3.63, 3.8) is 0 Å². The number of carboxylic acid groups (broad SMARTS) is 1. The lowest BCUT2D eigenvalue weighted by Crippen LogP contribution is -2.38. The number of halogens is 1. The van der Waals surface area contributed by atoms with Crippen molar-refractivity contribution in [1.82, 2.24) is 4.90 Å². The summed E-state index contributed by atoms with van der Waals surface area (Å²) >= 11 is 0. The average Bonchev–Trinajstić information content (AvgIpc) is 2.60. The van der Waals surface area contributed by atoms with E-state index in [-0.39, 0.29) is 11.7 Å². The zero-order valence-corrected chi connectivity index (χ0v) is 12.3. The number of aliphatic carboxylic acids is 1. The molecule has 1 fully saturated rings. The number of aryl methyl sites for hydroxylation is 1. The maximum Gasteiger partial charge on any atom is 0.308 e. The summed E-state index contributed by atoms with van der Waals surface area (Å²) in [6, 6.07) is 4.05. The Morgan fingerprint density at radius 2 is 2.19 bits per heavy atom. The molecule has 1 aromatic carbocycles. The predicted octanol–water partition coefficient (Wildman–Crippen LogP) is 2.91. The predicted molar refractivity (Wildman–Crippen MR) is 76.2 cm³/mol. The van der Waals surface area contributed by atoms with Crippen molar-refractivity contribution < 1.29 is 19.1 Å². The molecule has 0 saturated carbocycles. The number of carbonyl (C=O) groups excluding carboxylic acids is 1. The maximum atomic E-state index is 13.5. The first-order valence-corrected chi connectivity index (χ1v) is 7.24. The lowest BCUT2D eigenvalue weighted by atomic mass is 9.88. The Hall–Kier alpha value is -1.91. The van der Waals surface area contributed by atoms with Crippen LogP contribution >= 0.6 is 0 Å². The van der Waals surface area contributed by atoms with E-state index in [2.05, 4.69) is 0 Å². The number of carboxylic acids is 1. The second-order valence-corrected chi connectivity index (χ2v) is 5.47. The Bertz CT molecular complexity index is 556. The number of hydrogen-bond donors (Lipinski definition) is 1. The maximum absolute atomic E-state index is 13.5. The second kappa shape index (κ2) is 6.24. The van der Waals surface area contributed by atoms with Gasteiger partial charge in [-0.25, -0.2) is 4.39 Å². The Labute approximate surface area is 123 Å². The topological polar surface area (TPSA) is 57.6 Å². The molecular weight excluding hydrogens is 273 g/mol. The summed E-state index contributed by atoms with van der Waals surface area (Å²) in [5.41, 5.74) is 1.16. The van der Waals surface area contributed by atoms with Gasteiger partial charge in [-0.2, -0.15) is 0 Å². The molecule has 4 nitrogen and oxygen atoms in total. The van der Waals surface area contributed by atoms with E-state index in [9.17, 15) is 19.1 Å². The molecule has 1 amide bonds. The monoisotopic (exact) mass is 293 g/mol. The van der Waals surface area contributed by atoms with Gasteiger partial charge in [-0.3, -0.25) is 9.59 Å². The van der Waals surface area contributed by atoms with E-state index >= 15 is 0 Å². The molecule has 2 rings (SSSR count). The molecule has 2 atom stereocenters. The summed E-state index contributed by atoms with van der Waals surface area (Å²) in [6.45, 7) is 3.93. The third-order valence-corrected chi connectivity index (χ3v) is 4.12. The molecule has 1 aliphatic heterocycles. The van der Waals surface area contributed by atoms with Gasteiger partial charge >= 0.3 is 5.97 Å². The molecule has 2 unspecified atom stereocenters. The SMILES string of the molecule is CCN1C(=O)CCCC(C(=O)O)C1c1ccc(F)c(C)c1. The minimum Gasteiger partial charge on any atom is -0.481 e. The van der Waals surface area contributed by atoms with Gasteiger partial charge in [0.15, 0.2) is 0 Å². The highest BCUT2D eigenvalue weighted by Crippen LogP contribution is 2.36. The summed E-state index contributed by atoms with van der Waals surface area (Å²) in [4.78, 5) is 25.4. The molecule has 114 valence electrons. The van der Waals surface area contributed by atoms with Crippen LogP contribution in [0.15, 0.2) is 18.2 Å². The van der Waals surface area contributed by atoms with Crippen LogP contribution < -0.4 is 0 Å². The van der Waals surface area contributed by atoms with Gasteiger partial charge in [0.1, 0.15) is 5.82 Å². The average molecular weight is 293 g/mol. The van der Waals surface area contributed by atoms with Crippen molar-refractivity contribution in [3.05, 3.63) is 35.1 Å². The minimum absolute atomic E-state index is 0.0340. The van der Waals surface area contributed by atoms with Crippen LogP contribution in [0.3, 0.4) is 0 Å². The number of hydrogen-bond acceptors (Lipinski definition) is 2. The van der Waals surface area contributed by atoms with Gasteiger partial charge in [0, 0.05) is 13.0 Å². The van der Waals surface area contributed by atoms with Gasteiger partial charge in [0.2, 0.25) is 5.91 Å². The van der Waals surface area contributed by atoms with E-state index in [0.29, 0.717) is 36.9 Å². The molecule has 0 spiro atoms. The highest BCUT2D eigenvalue weighted by molar-refractivity contribution is 5.79. The zero-order chi connectivity index (χ0) is 15.6. The van der Waals surface area contributed by atoms with Crippen LogP contribution in [0, 0.1) is 18.7 Å². The number of benzene rings is 1. The summed E-state index contributed by atoms with van der Waals surface area (Å²) < 4.78 is 13.5. The van der Waals surface area contributed by atoms with Gasteiger partial charge in [-0.15, -0.1) is 0 Å². The number of nitrogens with zero attached hydrogens (tertiary/aromatic N) is 1. The summed E-state index contributed by atoms with van der Waals surface area (Å²) in [6.07, 6.45) is 1.40. The van der Waals surface area contributed by atoms with Gasteiger partial charge < -0.3 is 10.0 Å². The van der Waals surface area contributed by atoms with E-state index in [0.717, 1.165) is 0 Å². The molecule has 0 radical (unpaired) electrons. The molecule has 1 aromatic rings. The first-order chi connectivity index (χ1) is 9.95. The molecule has 0 aromatic heterocycles. The Kier molecular flexibility index (Phi) is 4.60. The molecular formula is C16H20FNO3. The Morgan fingerprint density at radius 1 is 1.48 bits per heavy atom. The molecule has 1 aliphatic rings. The zero-order valence-electron chi connectivity index (χ0n) is 12.3. The third-order valence-electron chi connectivity index (χ3n) is 4.12.